The van der Waals surface area contributed by atoms with E-state index in [4.69, 9.17) is 16.3 Å². The van der Waals surface area contributed by atoms with E-state index in [1.807, 2.05) is 24.3 Å². The first-order chi connectivity index (χ1) is 10.2. The number of ketones is 1. The minimum absolute atomic E-state index is 0.0478. The highest BCUT2D eigenvalue weighted by Gasteiger charge is 2.12. The molecule has 0 fully saturated rings. The van der Waals surface area contributed by atoms with Crippen LogP contribution >= 0.6 is 11.6 Å². The molecule has 106 valence electrons. The molecule has 3 rings (SSSR count). The lowest BCUT2D eigenvalue weighted by Crippen LogP contribution is -2.11. The number of nitrogens with zero attached hydrogens (tertiary/aromatic N) is 2. The molecule has 1 heterocycles. The van der Waals surface area contributed by atoms with Crippen LogP contribution in [0.25, 0.3) is 10.9 Å². The van der Waals surface area contributed by atoms with E-state index in [-0.39, 0.29) is 12.3 Å². The number of methoxy groups -OCH3 is 1. The first kappa shape index (κ1) is 13.6. The molecule has 5 heteroatoms. The second-order valence-corrected chi connectivity index (χ2v) is 5.04. The largest absolute Gasteiger partial charge is 0.495 e. The Kier molecular flexibility index (Phi) is 3.62. The molecule has 4 nitrogen and oxygen atoms in total. The van der Waals surface area contributed by atoms with Crippen LogP contribution in [0, 0.1) is 0 Å². The zero-order valence-corrected chi connectivity index (χ0v) is 12.2. The Hall–Kier alpha value is -2.33. The second-order valence-electron chi connectivity index (χ2n) is 4.63. The van der Waals surface area contributed by atoms with Crippen LogP contribution in [-0.2, 0) is 6.54 Å². The van der Waals surface area contributed by atoms with Crippen molar-refractivity contribution in [2.24, 2.45) is 0 Å². The number of hydrogen-bond donors (Lipinski definition) is 0. The molecule has 0 radical (unpaired) electrons. The van der Waals surface area contributed by atoms with Crippen molar-refractivity contribution >= 4 is 28.3 Å². The molecular formula is C16H13ClN2O2. The minimum Gasteiger partial charge on any atom is -0.495 e. The van der Waals surface area contributed by atoms with Crippen molar-refractivity contribution in [1.29, 1.82) is 0 Å². The smallest absolute Gasteiger partial charge is 0.184 e. The molecule has 0 bridgehead atoms. The van der Waals surface area contributed by atoms with Gasteiger partial charge in [-0.2, -0.15) is 5.10 Å². The predicted molar refractivity (Wildman–Crippen MR) is 82.1 cm³/mol. The van der Waals surface area contributed by atoms with Gasteiger partial charge in [0.15, 0.2) is 5.78 Å². The molecular weight excluding hydrogens is 288 g/mol. The Morgan fingerprint density at radius 2 is 2.10 bits per heavy atom. The fourth-order valence-corrected chi connectivity index (χ4v) is 2.48. The van der Waals surface area contributed by atoms with Crippen LogP contribution in [0.1, 0.15) is 10.4 Å². The van der Waals surface area contributed by atoms with E-state index in [0.29, 0.717) is 16.3 Å². The molecule has 0 aliphatic heterocycles. The van der Waals surface area contributed by atoms with Gasteiger partial charge in [-0.3, -0.25) is 9.48 Å². The molecule has 2 aromatic carbocycles. The molecule has 0 aliphatic carbocycles. The number of benzene rings is 2. The van der Waals surface area contributed by atoms with Crippen LogP contribution in [-0.4, -0.2) is 22.7 Å². The van der Waals surface area contributed by atoms with E-state index in [2.05, 4.69) is 5.10 Å². The zero-order chi connectivity index (χ0) is 14.8. The Labute approximate surface area is 126 Å². The maximum Gasteiger partial charge on any atom is 0.184 e. The molecule has 1 aromatic heterocycles. The summed E-state index contributed by atoms with van der Waals surface area (Å²) >= 11 is 6.05. The normalized spacial score (nSPS) is 10.8. The van der Waals surface area contributed by atoms with Gasteiger partial charge in [-0.05, 0) is 24.3 Å². The van der Waals surface area contributed by atoms with Crippen LogP contribution in [0.15, 0.2) is 48.7 Å². The predicted octanol–water partition coefficient (Wildman–Crippen LogP) is 3.58. The number of aromatic nitrogens is 2. The summed E-state index contributed by atoms with van der Waals surface area (Å²) < 4.78 is 6.77. The van der Waals surface area contributed by atoms with Crippen molar-refractivity contribution in [3.8, 4) is 5.75 Å². The summed E-state index contributed by atoms with van der Waals surface area (Å²) in [7, 11) is 1.54. The first-order valence-electron chi connectivity index (χ1n) is 6.46. The molecule has 21 heavy (non-hydrogen) atoms. The van der Waals surface area contributed by atoms with E-state index in [1.54, 1.807) is 36.2 Å². The first-order valence-corrected chi connectivity index (χ1v) is 6.84. The van der Waals surface area contributed by atoms with Crippen molar-refractivity contribution in [2.45, 2.75) is 6.54 Å². The monoisotopic (exact) mass is 300 g/mol. The van der Waals surface area contributed by atoms with E-state index in [0.717, 1.165) is 10.9 Å². The molecule has 0 unspecified atom stereocenters. The lowest BCUT2D eigenvalue weighted by atomic mass is 10.1. The van der Waals surface area contributed by atoms with Crippen molar-refractivity contribution < 1.29 is 9.53 Å². The van der Waals surface area contributed by atoms with E-state index in [1.165, 1.54) is 0 Å². The number of rotatable bonds is 4. The molecule has 3 aromatic rings. The molecule has 0 atom stereocenters. The summed E-state index contributed by atoms with van der Waals surface area (Å²) in [6, 6.07) is 12.8. The minimum atomic E-state index is -0.0478. The number of carbonyl (C=O) groups excluding carboxylic acids is 1. The number of hydrogen-bond acceptors (Lipinski definition) is 3. The standard InChI is InChI=1S/C16H13ClN2O2/c1-21-16-7-6-11(8-13(16)17)15(20)10-19-14-5-3-2-4-12(14)9-18-19/h2-9H,10H2,1H3. The summed E-state index contributed by atoms with van der Waals surface area (Å²) in [5.41, 5.74) is 1.48. The maximum atomic E-state index is 12.3. The van der Waals surface area contributed by atoms with Gasteiger partial charge >= 0.3 is 0 Å². The molecule has 0 aliphatic rings. The van der Waals surface area contributed by atoms with Gasteiger partial charge in [0.2, 0.25) is 0 Å². The van der Waals surface area contributed by atoms with Crippen LogP contribution in [0.3, 0.4) is 0 Å². The van der Waals surface area contributed by atoms with Crippen LogP contribution < -0.4 is 4.74 Å². The van der Waals surface area contributed by atoms with Crippen molar-refractivity contribution in [2.75, 3.05) is 7.11 Å². The molecule has 0 spiro atoms. The van der Waals surface area contributed by atoms with Crippen molar-refractivity contribution in [1.82, 2.24) is 9.78 Å². The Balaban J connectivity index is 1.88. The number of Topliss-reactive ketones (excluding diaryl/α,β-unsaturated/α-hetero) is 1. The highest BCUT2D eigenvalue weighted by molar-refractivity contribution is 6.32. The van der Waals surface area contributed by atoms with Crippen molar-refractivity contribution in [3.05, 3.63) is 59.2 Å². The zero-order valence-electron chi connectivity index (χ0n) is 11.4. The second kappa shape index (κ2) is 5.58. The van der Waals surface area contributed by atoms with Gasteiger partial charge in [0.25, 0.3) is 0 Å². The summed E-state index contributed by atoms with van der Waals surface area (Å²) in [5, 5.41) is 5.69. The van der Waals surface area contributed by atoms with E-state index < -0.39 is 0 Å². The molecule has 0 amide bonds. The third-order valence-corrected chi connectivity index (χ3v) is 3.61. The number of para-hydroxylation sites is 1. The van der Waals surface area contributed by atoms with Gasteiger partial charge in [-0.15, -0.1) is 0 Å². The fourth-order valence-electron chi connectivity index (χ4n) is 2.22. The summed E-state index contributed by atoms with van der Waals surface area (Å²) in [4.78, 5) is 12.3. The lowest BCUT2D eigenvalue weighted by Gasteiger charge is -2.06. The lowest BCUT2D eigenvalue weighted by molar-refractivity contribution is 0.0969. The molecule has 0 N–H and O–H groups in total. The van der Waals surface area contributed by atoms with Crippen LogP contribution in [0.5, 0.6) is 5.75 Å². The maximum absolute atomic E-state index is 12.3. The van der Waals surface area contributed by atoms with Gasteiger partial charge in [0.05, 0.1) is 23.8 Å². The van der Waals surface area contributed by atoms with Gasteiger partial charge in [0.1, 0.15) is 12.3 Å². The van der Waals surface area contributed by atoms with Gasteiger partial charge in [0, 0.05) is 10.9 Å². The van der Waals surface area contributed by atoms with E-state index in [9.17, 15) is 4.79 Å². The number of halogens is 1. The third-order valence-electron chi connectivity index (χ3n) is 3.32. The average molecular weight is 301 g/mol. The van der Waals surface area contributed by atoms with Crippen molar-refractivity contribution in [3.63, 3.8) is 0 Å². The quantitative estimate of drug-likeness (QED) is 0.692. The fraction of sp³-hybridized carbons (Fsp3) is 0.125. The number of ether oxygens (including phenoxy) is 1. The Morgan fingerprint density at radius 1 is 1.29 bits per heavy atom. The number of fused-ring (bicyclic) bond motifs is 1. The average Bonchev–Trinajstić information content (AvgIpc) is 2.90. The van der Waals surface area contributed by atoms with Gasteiger partial charge in [-0.25, -0.2) is 0 Å². The van der Waals surface area contributed by atoms with Gasteiger partial charge < -0.3 is 4.74 Å². The SMILES string of the molecule is COc1ccc(C(=O)Cn2ncc3ccccc32)cc1Cl. The Morgan fingerprint density at radius 3 is 2.86 bits per heavy atom. The Bertz CT molecular complexity index is 811. The molecule has 0 saturated carbocycles. The van der Waals surface area contributed by atoms with Crippen LogP contribution in [0.4, 0.5) is 0 Å². The van der Waals surface area contributed by atoms with Gasteiger partial charge in [-0.1, -0.05) is 29.8 Å². The topological polar surface area (TPSA) is 44.1 Å². The summed E-state index contributed by atoms with van der Waals surface area (Å²) in [6.07, 6.45) is 1.75. The van der Waals surface area contributed by atoms with Crippen LogP contribution in [0.2, 0.25) is 5.02 Å². The highest BCUT2D eigenvalue weighted by Crippen LogP contribution is 2.25. The highest BCUT2D eigenvalue weighted by atomic mass is 35.5. The molecule has 0 saturated heterocycles. The summed E-state index contributed by atoms with van der Waals surface area (Å²) in [5.74, 6) is 0.506. The van der Waals surface area contributed by atoms with E-state index >= 15 is 0 Å². The number of carbonyl (C=O) groups is 1. The summed E-state index contributed by atoms with van der Waals surface area (Å²) in [6.45, 7) is 0.177. The third kappa shape index (κ3) is 2.62.